The van der Waals surface area contributed by atoms with Gasteiger partial charge < -0.3 is 9.84 Å². The summed E-state index contributed by atoms with van der Waals surface area (Å²) in [4.78, 5) is 15.0. The highest BCUT2D eigenvalue weighted by Gasteiger charge is 2.18. The molecule has 0 aliphatic rings. The fourth-order valence-corrected chi connectivity index (χ4v) is 1.87. The number of hydrogen-bond acceptors (Lipinski definition) is 3. The SMILES string of the molecule is CCOc1c(Cl)c(C(=O)O)nc2ccccc12. The number of carboxylic acids is 1. The lowest BCUT2D eigenvalue weighted by molar-refractivity contribution is 0.0690. The van der Waals surface area contributed by atoms with E-state index < -0.39 is 5.97 Å². The second-order valence-corrected chi connectivity index (χ2v) is 3.74. The zero-order valence-electron chi connectivity index (χ0n) is 9.11. The molecule has 2 rings (SSSR count). The fourth-order valence-electron chi connectivity index (χ4n) is 1.59. The lowest BCUT2D eigenvalue weighted by atomic mass is 10.2. The van der Waals surface area contributed by atoms with Crippen molar-refractivity contribution in [1.29, 1.82) is 0 Å². The van der Waals surface area contributed by atoms with Crippen LogP contribution in [0.4, 0.5) is 0 Å². The number of aromatic carboxylic acids is 1. The van der Waals surface area contributed by atoms with Gasteiger partial charge in [-0.25, -0.2) is 9.78 Å². The molecule has 0 aliphatic heterocycles. The molecular weight excluding hydrogens is 242 g/mol. The number of rotatable bonds is 3. The van der Waals surface area contributed by atoms with Crippen molar-refractivity contribution in [2.45, 2.75) is 6.92 Å². The molecule has 1 heterocycles. The van der Waals surface area contributed by atoms with E-state index in [1.165, 1.54) is 0 Å². The number of pyridine rings is 1. The average molecular weight is 252 g/mol. The Kier molecular flexibility index (Phi) is 3.15. The number of ether oxygens (including phenoxy) is 1. The van der Waals surface area contributed by atoms with Crippen LogP contribution < -0.4 is 4.74 Å². The van der Waals surface area contributed by atoms with Crippen molar-refractivity contribution >= 4 is 28.5 Å². The molecule has 0 spiro atoms. The van der Waals surface area contributed by atoms with Crippen LogP contribution in [0, 0.1) is 0 Å². The standard InChI is InChI=1S/C12H10ClNO3/c1-2-17-11-7-5-3-4-6-8(7)14-10(9(11)13)12(15)16/h3-6H,2H2,1H3,(H,15,16). The molecule has 0 radical (unpaired) electrons. The zero-order chi connectivity index (χ0) is 12.4. The first-order valence-corrected chi connectivity index (χ1v) is 5.47. The summed E-state index contributed by atoms with van der Waals surface area (Å²) in [6.45, 7) is 2.22. The minimum Gasteiger partial charge on any atom is -0.492 e. The zero-order valence-corrected chi connectivity index (χ0v) is 9.86. The largest absolute Gasteiger partial charge is 0.492 e. The molecule has 1 N–H and O–H groups in total. The number of halogens is 1. The van der Waals surface area contributed by atoms with Gasteiger partial charge in [0.2, 0.25) is 0 Å². The van der Waals surface area contributed by atoms with Crippen LogP contribution in [0.25, 0.3) is 10.9 Å². The van der Waals surface area contributed by atoms with Gasteiger partial charge in [0.25, 0.3) is 0 Å². The summed E-state index contributed by atoms with van der Waals surface area (Å²) in [7, 11) is 0. The van der Waals surface area contributed by atoms with Crippen LogP contribution in [0.3, 0.4) is 0 Å². The molecule has 1 aromatic carbocycles. The van der Waals surface area contributed by atoms with Crippen molar-refractivity contribution in [3.63, 3.8) is 0 Å². The topological polar surface area (TPSA) is 59.4 Å². The fraction of sp³-hybridized carbons (Fsp3) is 0.167. The van der Waals surface area contributed by atoms with E-state index in [1.807, 2.05) is 13.0 Å². The molecule has 0 saturated heterocycles. The minimum atomic E-state index is -1.17. The van der Waals surface area contributed by atoms with E-state index in [1.54, 1.807) is 18.2 Å². The van der Waals surface area contributed by atoms with Crippen LogP contribution in [0.2, 0.25) is 5.02 Å². The first-order chi connectivity index (χ1) is 8.15. The summed E-state index contributed by atoms with van der Waals surface area (Å²) in [6.07, 6.45) is 0. The van der Waals surface area contributed by atoms with E-state index in [9.17, 15) is 4.79 Å². The smallest absolute Gasteiger partial charge is 0.356 e. The van der Waals surface area contributed by atoms with Crippen molar-refractivity contribution in [3.05, 3.63) is 35.0 Å². The van der Waals surface area contributed by atoms with Gasteiger partial charge in [-0.05, 0) is 19.1 Å². The van der Waals surface area contributed by atoms with Gasteiger partial charge in [0, 0.05) is 5.39 Å². The Balaban J connectivity index is 2.80. The Bertz CT molecular complexity index is 583. The Morgan fingerprint density at radius 2 is 2.18 bits per heavy atom. The lowest BCUT2D eigenvalue weighted by Gasteiger charge is -2.10. The van der Waals surface area contributed by atoms with E-state index in [2.05, 4.69) is 4.98 Å². The number of carbonyl (C=O) groups is 1. The Labute approximate surface area is 103 Å². The molecule has 88 valence electrons. The van der Waals surface area contributed by atoms with Gasteiger partial charge in [0.15, 0.2) is 5.69 Å². The van der Waals surface area contributed by atoms with Gasteiger partial charge in [-0.2, -0.15) is 0 Å². The molecule has 0 amide bonds. The number of fused-ring (bicyclic) bond motifs is 1. The predicted octanol–water partition coefficient (Wildman–Crippen LogP) is 2.99. The molecular formula is C12H10ClNO3. The molecule has 17 heavy (non-hydrogen) atoms. The van der Waals surface area contributed by atoms with Crippen molar-refractivity contribution < 1.29 is 14.6 Å². The number of hydrogen-bond donors (Lipinski definition) is 1. The van der Waals surface area contributed by atoms with Crippen molar-refractivity contribution in [1.82, 2.24) is 4.98 Å². The van der Waals surface area contributed by atoms with Crippen LogP contribution in [0.15, 0.2) is 24.3 Å². The van der Waals surface area contributed by atoms with E-state index in [0.717, 1.165) is 0 Å². The number of benzene rings is 1. The Morgan fingerprint density at radius 1 is 1.47 bits per heavy atom. The Hall–Kier alpha value is -1.81. The second-order valence-electron chi connectivity index (χ2n) is 3.36. The summed E-state index contributed by atoms with van der Waals surface area (Å²) in [5.41, 5.74) is 0.367. The molecule has 0 bridgehead atoms. The number of para-hydroxylation sites is 1. The molecule has 0 atom stereocenters. The van der Waals surface area contributed by atoms with Crippen LogP contribution >= 0.6 is 11.6 Å². The third kappa shape index (κ3) is 2.03. The van der Waals surface area contributed by atoms with E-state index in [4.69, 9.17) is 21.4 Å². The van der Waals surface area contributed by atoms with Crippen molar-refractivity contribution in [3.8, 4) is 5.75 Å². The van der Waals surface area contributed by atoms with Gasteiger partial charge in [-0.1, -0.05) is 23.7 Å². The molecule has 5 heteroatoms. The monoisotopic (exact) mass is 251 g/mol. The third-order valence-corrected chi connectivity index (χ3v) is 2.63. The third-order valence-electron chi connectivity index (χ3n) is 2.28. The molecule has 1 aromatic heterocycles. The van der Waals surface area contributed by atoms with Gasteiger partial charge in [-0.3, -0.25) is 0 Å². The number of nitrogens with zero attached hydrogens (tertiary/aromatic N) is 1. The highest BCUT2D eigenvalue weighted by molar-refractivity contribution is 6.35. The molecule has 0 aliphatic carbocycles. The normalized spacial score (nSPS) is 10.5. The summed E-state index contributed by atoms with van der Waals surface area (Å²) in [5.74, 6) is -0.793. The predicted molar refractivity (Wildman–Crippen MR) is 64.9 cm³/mol. The van der Waals surface area contributed by atoms with Gasteiger partial charge in [-0.15, -0.1) is 0 Å². The minimum absolute atomic E-state index is 0.0399. The van der Waals surface area contributed by atoms with E-state index in [-0.39, 0.29) is 10.7 Å². The Morgan fingerprint density at radius 3 is 2.82 bits per heavy atom. The van der Waals surface area contributed by atoms with Crippen molar-refractivity contribution in [2.75, 3.05) is 6.61 Å². The first-order valence-electron chi connectivity index (χ1n) is 5.09. The lowest BCUT2D eigenvalue weighted by Crippen LogP contribution is -2.04. The second kappa shape index (κ2) is 4.59. The summed E-state index contributed by atoms with van der Waals surface area (Å²) >= 11 is 5.99. The van der Waals surface area contributed by atoms with Gasteiger partial charge >= 0.3 is 5.97 Å². The summed E-state index contributed by atoms with van der Waals surface area (Å²) in [5, 5.41) is 9.77. The molecule has 0 saturated carbocycles. The van der Waals surface area contributed by atoms with Crippen LogP contribution in [-0.2, 0) is 0 Å². The average Bonchev–Trinajstić information content (AvgIpc) is 2.32. The van der Waals surface area contributed by atoms with Crippen LogP contribution in [0.5, 0.6) is 5.75 Å². The summed E-state index contributed by atoms with van der Waals surface area (Å²) < 4.78 is 5.41. The van der Waals surface area contributed by atoms with E-state index in [0.29, 0.717) is 23.3 Å². The molecule has 4 nitrogen and oxygen atoms in total. The highest BCUT2D eigenvalue weighted by atomic mass is 35.5. The first kappa shape index (κ1) is 11.7. The van der Waals surface area contributed by atoms with Gasteiger partial charge in [0.05, 0.1) is 12.1 Å². The molecule has 2 aromatic rings. The maximum atomic E-state index is 11.0. The highest BCUT2D eigenvalue weighted by Crippen LogP contribution is 2.34. The van der Waals surface area contributed by atoms with Crippen LogP contribution in [0.1, 0.15) is 17.4 Å². The summed E-state index contributed by atoms with van der Waals surface area (Å²) in [6, 6.07) is 7.12. The maximum Gasteiger partial charge on any atom is 0.356 e. The quantitative estimate of drug-likeness (QED) is 0.911. The van der Waals surface area contributed by atoms with Crippen LogP contribution in [-0.4, -0.2) is 22.7 Å². The number of aromatic nitrogens is 1. The molecule has 0 fully saturated rings. The molecule has 0 unspecified atom stereocenters. The van der Waals surface area contributed by atoms with Crippen molar-refractivity contribution in [2.24, 2.45) is 0 Å². The van der Waals surface area contributed by atoms with Gasteiger partial charge in [0.1, 0.15) is 10.8 Å². The maximum absolute atomic E-state index is 11.0. The number of carboxylic acid groups (broad SMARTS) is 1. The van der Waals surface area contributed by atoms with E-state index >= 15 is 0 Å².